The lowest BCUT2D eigenvalue weighted by Crippen LogP contribution is -2.23. The van der Waals surface area contributed by atoms with E-state index in [0.717, 1.165) is 5.56 Å². The minimum absolute atomic E-state index is 0.0117. The van der Waals surface area contributed by atoms with Crippen LogP contribution in [0, 0.1) is 0 Å². The summed E-state index contributed by atoms with van der Waals surface area (Å²) in [6.07, 6.45) is 1.55. The molecule has 0 saturated carbocycles. The molecule has 1 amide bonds. The molecular formula is C17H18N2O2. The molecule has 1 N–H and O–H groups in total. The van der Waals surface area contributed by atoms with E-state index < -0.39 is 11.7 Å². The third-order valence-corrected chi connectivity index (χ3v) is 3.13. The van der Waals surface area contributed by atoms with E-state index in [-0.39, 0.29) is 5.41 Å². The van der Waals surface area contributed by atoms with Gasteiger partial charge in [0.2, 0.25) is 0 Å². The van der Waals surface area contributed by atoms with Crippen LogP contribution >= 0.6 is 0 Å². The van der Waals surface area contributed by atoms with Crippen molar-refractivity contribution < 1.29 is 9.59 Å². The molecule has 2 aromatic rings. The van der Waals surface area contributed by atoms with Crippen LogP contribution in [0.1, 0.15) is 36.7 Å². The highest BCUT2D eigenvalue weighted by atomic mass is 16.2. The number of nitrogens with one attached hydrogen (secondary N) is 1. The van der Waals surface area contributed by atoms with Crippen LogP contribution in [0.25, 0.3) is 0 Å². The van der Waals surface area contributed by atoms with Crippen LogP contribution in [0.2, 0.25) is 0 Å². The number of anilines is 1. The Kier molecular flexibility index (Phi) is 4.17. The zero-order chi connectivity index (χ0) is 15.5. The summed E-state index contributed by atoms with van der Waals surface area (Å²) in [5, 5.41) is 2.49. The summed E-state index contributed by atoms with van der Waals surface area (Å²) in [6, 6.07) is 12.2. The molecule has 1 aromatic carbocycles. The zero-order valence-electron chi connectivity index (χ0n) is 12.4. The van der Waals surface area contributed by atoms with E-state index >= 15 is 0 Å². The van der Waals surface area contributed by atoms with Gasteiger partial charge in [-0.1, -0.05) is 51.1 Å². The first-order valence-electron chi connectivity index (χ1n) is 6.75. The maximum absolute atomic E-state index is 12.1. The average Bonchev–Trinajstić information content (AvgIpc) is 2.46. The molecule has 4 nitrogen and oxygen atoms in total. The Morgan fingerprint density at radius 3 is 2.19 bits per heavy atom. The lowest BCUT2D eigenvalue weighted by Gasteiger charge is -2.18. The van der Waals surface area contributed by atoms with E-state index in [1.54, 1.807) is 36.5 Å². The van der Waals surface area contributed by atoms with E-state index in [1.807, 2.05) is 12.1 Å². The summed E-state index contributed by atoms with van der Waals surface area (Å²) in [6.45, 7) is 6.28. The van der Waals surface area contributed by atoms with Gasteiger partial charge in [-0.05, 0) is 23.1 Å². The minimum atomic E-state index is -0.683. The Morgan fingerprint density at radius 1 is 1.00 bits per heavy atom. The molecule has 108 valence electrons. The number of carbonyl (C=O) groups excluding carboxylic acids is 2. The van der Waals surface area contributed by atoms with Crippen LogP contribution in [0.5, 0.6) is 0 Å². The highest BCUT2D eigenvalue weighted by Gasteiger charge is 2.18. The molecule has 0 saturated heterocycles. The SMILES string of the molecule is CC(C)(C)c1ccc(C(=O)C(=O)Nc2ccccn2)cc1. The van der Waals surface area contributed by atoms with Crippen molar-refractivity contribution in [1.29, 1.82) is 0 Å². The number of nitrogens with zero attached hydrogens (tertiary/aromatic N) is 1. The van der Waals surface area contributed by atoms with Crippen molar-refractivity contribution in [2.75, 3.05) is 5.32 Å². The van der Waals surface area contributed by atoms with Gasteiger partial charge in [-0.15, -0.1) is 0 Å². The van der Waals surface area contributed by atoms with Crippen molar-refractivity contribution >= 4 is 17.5 Å². The van der Waals surface area contributed by atoms with Crippen LogP contribution in [0.3, 0.4) is 0 Å². The first-order valence-corrected chi connectivity index (χ1v) is 6.75. The van der Waals surface area contributed by atoms with Crippen molar-refractivity contribution in [3.05, 3.63) is 59.8 Å². The Balaban J connectivity index is 2.11. The van der Waals surface area contributed by atoms with Crippen LogP contribution in [-0.4, -0.2) is 16.7 Å². The van der Waals surface area contributed by atoms with Gasteiger partial charge in [-0.2, -0.15) is 0 Å². The normalized spacial score (nSPS) is 11.0. The third-order valence-electron chi connectivity index (χ3n) is 3.13. The first-order chi connectivity index (χ1) is 9.88. The van der Waals surface area contributed by atoms with Crippen LogP contribution in [-0.2, 0) is 10.2 Å². The fourth-order valence-corrected chi connectivity index (χ4v) is 1.86. The first kappa shape index (κ1) is 14.9. The van der Waals surface area contributed by atoms with Gasteiger partial charge in [0.25, 0.3) is 11.7 Å². The molecule has 0 unspecified atom stereocenters. The highest BCUT2D eigenvalue weighted by molar-refractivity contribution is 6.46. The Hall–Kier alpha value is -2.49. The van der Waals surface area contributed by atoms with E-state index in [9.17, 15) is 9.59 Å². The number of pyridine rings is 1. The second-order valence-electron chi connectivity index (χ2n) is 5.83. The maximum atomic E-state index is 12.1. The Bertz CT molecular complexity index is 641. The van der Waals surface area contributed by atoms with Crippen molar-refractivity contribution in [3.8, 4) is 0 Å². The monoisotopic (exact) mass is 282 g/mol. The molecule has 1 aromatic heterocycles. The molecule has 0 aliphatic carbocycles. The number of ketones is 1. The fourth-order valence-electron chi connectivity index (χ4n) is 1.86. The van der Waals surface area contributed by atoms with Gasteiger partial charge in [-0.25, -0.2) is 4.98 Å². The average molecular weight is 282 g/mol. The molecule has 2 rings (SSSR count). The largest absolute Gasteiger partial charge is 0.304 e. The number of amides is 1. The predicted molar refractivity (Wildman–Crippen MR) is 82.3 cm³/mol. The summed E-state index contributed by atoms with van der Waals surface area (Å²) < 4.78 is 0. The van der Waals surface area contributed by atoms with E-state index in [0.29, 0.717) is 11.4 Å². The standard InChI is InChI=1S/C17H18N2O2/c1-17(2,3)13-9-7-12(8-10-13)15(20)16(21)19-14-6-4-5-11-18-14/h4-11H,1-3H3,(H,18,19,21). The second-order valence-corrected chi connectivity index (χ2v) is 5.83. The maximum Gasteiger partial charge on any atom is 0.297 e. The molecule has 0 aliphatic rings. The van der Waals surface area contributed by atoms with E-state index in [4.69, 9.17) is 0 Å². The fraction of sp³-hybridized carbons (Fsp3) is 0.235. The van der Waals surface area contributed by atoms with Crippen LogP contribution in [0.4, 0.5) is 5.82 Å². The molecule has 0 spiro atoms. The Morgan fingerprint density at radius 2 is 1.67 bits per heavy atom. The summed E-state index contributed by atoms with van der Waals surface area (Å²) in [5.41, 5.74) is 1.50. The Labute approximate surface area is 124 Å². The summed E-state index contributed by atoms with van der Waals surface area (Å²) in [7, 11) is 0. The topological polar surface area (TPSA) is 59.1 Å². The van der Waals surface area contributed by atoms with Crippen molar-refractivity contribution in [1.82, 2.24) is 4.98 Å². The molecule has 21 heavy (non-hydrogen) atoms. The number of Topliss-reactive ketones (excluding diaryl/α,β-unsaturated/α-hetero) is 1. The minimum Gasteiger partial charge on any atom is -0.304 e. The van der Waals surface area contributed by atoms with Crippen molar-refractivity contribution in [2.45, 2.75) is 26.2 Å². The van der Waals surface area contributed by atoms with Gasteiger partial charge in [0.15, 0.2) is 0 Å². The number of rotatable bonds is 3. The molecular weight excluding hydrogens is 264 g/mol. The highest BCUT2D eigenvalue weighted by Crippen LogP contribution is 2.22. The molecule has 4 heteroatoms. The van der Waals surface area contributed by atoms with Gasteiger partial charge < -0.3 is 5.32 Å². The second kappa shape index (κ2) is 5.87. The summed E-state index contributed by atoms with van der Waals surface area (Å²) >= 11 is 0. The van der Waals surface area contributed by atoms with Crippen molar-refractivity contribution in [3.63, 3.8) is 0 Å². The molecule has 0 fully saturated rings. The van der Waals surface area contributed by atoms with E-state index in [1.165, 1.54) is 0 Å². The third kappa shape index (κ3) is 3.75. The molecule has 0 aliphatic heterocycles. The number of hydrogen-bond donors (Lipinski definition) is 1. The number of benzene rings is 1. The predicted octanol–water partition coefficient (Wildman–Crippen LogP) is 3.20. The lowest BCUT2D eigenvalue weighted by atomic mass is 9.86. The summed E-state index contributed by atoms with van der Waals surface area (Å²) in [4.78, 5) is 27.9. The molecule has 0 atom stereocenters. The van der Waals surface area contributed by atoms with Gasteiger partial charge >= 0.3 is 0 Å². The van der Waals surface area contributed by atoms with E-state index in [2.05, 4.69) is 31.1 Å². The summed E-state index contributed by atoms with van der Waals surface area (Å²) in [5.74, 6) is -0.888. The van der Waals surface area contributed by atoms with Gasteiger partial charge in [0, 0.05) is 11.8 Å². The lowest BCUT2D eigenvalue weighted by molar-refractivity contribution is -0.112. The molecule has 1 heterocycles. The number of aromatic nitrogens is 1. The molecule has 0 bridgehead atoms. The smallest absolute Gasteiger partial charge is 0.297 e. The molecule has 0 radical (unpaired) electrons. The van der Waals surface area contributed by atoms with Crippen LogP contribution < -0.4 is 5.32 Å². The van der Waals surface area contributed by atoms with Crippen molar-refractivity contribution in [2.24, 2.45) is 0 Å². The quantitative estimate of drug-likeness (QED) is 0.694. The van der Waals surface area contributed by atoms with Gasteiger partial charge in [0.1, 0.15) is 5.82 Å². The zero-order valence-corrected chi connectivity index (χ0v) is 12.4. The van der Waals surface area contributed by atoms with Gasteiger partial charge in [0.05, 0.1) is 0 Å². The number of hydrogen-bond acceptors (Lipinski definition) is 3. The van der Waals surface area contributed by atoms with Gasteiger partial charge in [-0.3, -0.25) is 9.59 Å². The van der Waals surface area contributed by atoms with Crippen LogP contribution in [0.15, 0.2) is 48.7 Å². The number of carbonyl (C=O) groups is 2.